The van der Waals surface area contributed by atoms with Crippen LogP contribution in [0.1, 0.15) is 48.0 Å². The standard InChI is InChI=1S/C28H29ClF2N4O4/c29-20-5-4-19(23(30)12-20)17-39-27-3-1-2-25(33-27)18-6-9-34(10-7-18)16-26-32-14-21(13-24(31)28(36)37)35(26)15-22-8-11-38-22/h1-5,12-14,18,22H,6-11,15-17H2,(H,36,37)/b24-13-. The van der Waals surface area contributed by atoms with Gasteiger partial charge in [0, 0.05) is 40.9 Å². The second-order valence-electron chi connectivity index (χ2n) is 9.76. The molecule has 0 spiro atoms. The number of carboxylic acids is 1. The quantitative estimate of drug-likeness (QED) is 0.342. The van der Waals surface area contributed by atoms with Crippen LogP contribution < -0.4 is 4.74 Å². The van der Waals surface area contributed by atoms with Crippen LogP contribution in [0.15, 0.2) is 48.4 Å². The Morgan fingerprint density at radius 2 is 2.03 bits per heavy atom. The highest BCUT2D eigenvalue weighted by Gasteiger charge is 2.26. The van der Waals surface area contributed by atoms with Gasteiger partial charge < -0.3 is 19.1 Å². The fourth-order valence-corrected chi connectivity index (χ4v) is 4.98. The van der Waals surface area contributed by atoms with Crippen molar-refractivity contribution in [2.45, 2.75) is 51.0 Å². The molecule has 0 aliphatic carbocycles. The minimum absolute atomic E-state index is 0.0143. The minimum atomic E-state index is -1.61. The van der Waals surface area contributed by atoms with Crippen LogP contribution in [0.4, 0.5) is 8.78 Å². The number of hydrogen-bond donors (Lipinski definition) is 1. The smallest absolute Gasteiger partial charge is 0.364 e. The van der Waals surface area contributed by atoms with Crippen molar-refractivity contribution in [3.8, 4) is 5.88 Å². The lowest BCUT2D eigenvalue weighted by atomic mass is 9.93. The van der Waals surface area contributed by atoms with E-state index < -0.39 is 17.6 Å². The first kappa shape index (κ1) is 27.2. The lowest BCUT2D eigenvalue weighted by Gasteiger charge is -2.32. The van der Waals surface area contributed by atoms with E-state index in [4.69, 9.17) is 26.2 Å². The molecule has 0 saturated carbocycles. The summed E-state index contributed by atoms with van der Waals surface area (Å²) in [5.41, 5.74) is 1.75. The highest BCUT2D eigenvalue weighted by Crippen LogP contribution is 2.29. The molecule has 1 unspecified atom stereocenters. The number of pyridine rings is 1. The molecular formula is C28H29ClF2N4O4. The lowest BCUT2D eigenvalue weighted by molar-refractivity contribution is -0.134. The number of nitrogens with zero attached hydrogens (tertiary/aromatic N) is 4. The number of aromatic nitrogens is 3. The van der Waals surface area contributed by atoms with E-state index in [0.29, 0.717) is 41.9 Å². The summed E-state index contributed by atoms with van der Waals surface area (Å²) in [7, 11) is 0. The van der Waals surface area contributed by atoms with Crippen molar-refractivity contribution < 1.29 is 28.2 Å². The van der Waals surface area contributed by atoms with Crippen molar-refractivity contribution in [1.82, 2.24) is 19.4 Å². The fraction of sp³-hybridized carbons (Fsp3) is 0.393. The Labute approximate surface area is 229 Å². The Morgan fingerprint density at radius 3 is 2.72 bits per heavy atom. The van der Waals surface area contributed by atoms with Crippen molar-refractivity contribution in [2.75, 3.05) is 19.7 Å². The number of carbonyl (C=O) groups is 1. The Kier molecular flexibility index (Phi) is 8.54. The van der Waals surface area contributed by atoms with Crippen LogP contribution in [0, 0.1) is 5.82 Å². The van der Waals surface area contributed by atoms with Gasteiger partial charge in [-0.15, -0.1) is 0 Å². The van der Waals surface area contributed by atoms with E-state index in [0.717, 1.165) is 49.9 Å². The summed E-state index contributed by atoms with van der Waals surface area (Å²) in [6.07, 6.45) is 5.20. The molecule has 2 aromatic heterocycles. The van der Waals surface area contributed by atoms with Crippen molar-refractivity contribution in [2.24, 2.45) is 0 Å². The van der Waals surface area contributed by atoms with Crippen LogP contribution in [0.2, 0.25) is 5.02 Å². The number of rotatable bonds is 10. The number of ether oxygens (including phenoxy) is 2. The molecule has 206 valence electrons. The van der Waals surface area contributed by atoms with E-state index in [2.05, 4.69) is 14.9 Å². The highest BCUT2D eigenvalue weighted by molar-refractivity contribution is 6.30. The van der Waals surface area contributed by atoms with Gasteiger partial charge in [-0.3, -0.25) is 4.90 Å². The maximum Gasteiger partial charge on any atom is 0.364 e. The van der Waals surface area contributed by atoms with Gasteiger partial charge in [-0.2, -0.15) is 4.39 Å². The zero-order chi connectivity index (χ0) is 27.4. The molecule has 2 aliphatic heterocycles. The molecule has 1 atom stereocenters. The van der Waals surface area contributed by atoms with Crippen LogP contribution in [0.5, 0.6) is 5.88 Å². The first-order valence-electron chi connectivity index (χ1n) is 12.9. The third-order valence-corrected chi connectivity index (χ3v) is 7.37. The van der Waals surface area contributed by atoms with Gasteiger partial charge in [0.15, 0.2) is 0 Å². The number of piperidine rings is 1. The Bertz CT molecular complexity index is 1350. The third-order valence-electron chi connectivity index (χ3n) is 7.13. The summed E-state index contributed by atoms with van der Waals surface area (Å²) < 4.78 is 41.1. The molecule has 0 radical (unpaired) electrons. The molecule has 1 aromatic carbocycles. The zero-order valence-electron chi connectivity index (χ0n) is 21.2. The van der Waals surface area contributed by atoms with E-state index >= 15 is 0 Å². The molecule has 2 fully saturated rings. The summed E-state index contributed by atoms with van der Waals surface area (Å²) in [6.45, 7) is 3.44. The second kappa shape index (κ2) is 12.2. The predicted octanol–water partition coefficient (Wildman–Crippen LogP) is 5.21. The van der Waals surface area contributed by atoms with E-state index in [1.54, 1.807) is 18.2 Å². The SMILES string of the molecule is O=C(O)/C(F)=C/c1cnc(CN2CCC(c3cccc(OCc4ccc(Cl)cc4F)n3)CC2)n1CC1CCO1. The van der Waals surface area contributed by atoms with Gasteiger partial charge in [-0.25, -0.2) is 19.2 Å². The molecular weight excluding hydrogens is 530 g/mol. The number of halogens is 3. The normalized spacial score (nSPS) is 18.6. The van der Waals surface area contributed by atoms with Gasteiger partial charge in [-0.1, -0.05) is 23.7 Å². The molecule has 0 bridgehead atoms. The van der Waals surface area contributed by atoms with Crippen LogP contribution >= 0.6 is 11.6 Å². The summed E-state index contributed by atoms with van der Waals surface area (Å²) >= 11 is 5.82. The van der Waals surface area contributed by atoms with E-state index in [1.165, 1.54) is 12.3 Å². The Morgan fingerprint density at radius 1 is 1.23 bits per heavy atom. The molecule has 3 aromatic rings. The van der Waals surface area contributed by atoms with Crippen LogP contribution in [0.25, 0.3) is 6.08 Å². The third kappa shape index (κ3) is 6.81. The lowest BCUT2D eigenvalue weighted by Crippen LogP contribution is -2.35. The molecule has 39 heavy (non-hydrogen) atoms. The Balaban J connectivity index is 1.19. The van der Waals surface area contributed by atoms with Crippen LogP contribution in [-0.4, -0.2) is 56.3 Å². The topological polar surface area (TPSA) is 89.7 Å². The average Bonchev–Trinajstić information content (AvgIpc) is 3.26. The number of hydrogen-bond acceptors (Lipinski definition) is 6. The summed E-state index contributed by atoms with van der Waals surface area (Å²) in [5, 5.41) is 9.28. The summed E-state index contributed by atoms with van der Waals surface area (Å²) in [5.74, 6) is -1.80. The zero-order valence-corrected chi connectivity index (χ0v) is 22.0. The molecule has 8 nitrogen and oxygen atoms in total. The van der Waals surface area contributed by atoms with Crippen molar-refractivity contribution >= 4 is 23.6 Å². The molecule has 0 amide bonds. The number of likely N-dealkylation sites (tertiary alicyclic amines) is 1. The van der Waals surface area contributed by atoms with Crippen molar-refractivity contribution in [3.63, 3.8) is 0 Å². The fourth-order valence-electron chi connectivity index (χ4n) is 4.82. The van der Waals surface area contributed by atoms with Crippen LogP contribution in [-0.2, 0) is 29.2 Å². The van der Waals surface area contributed by atoms with E-state index in [9.17, 15) is 13.6 Å². The maximum absolute atomic E-state index is 14.1. The van der Waals surface area contributed by atoms with Gasteiger partial charge >= 0.3 is 5.97 Å². The second-order valence-corrected chi connectivity index (χ2v) is 10.2. The van der Waals surface area contributed by atoms with Gasteiger partial charge in [0.2, 0.25) is 11.7 Å². The van der Waals surface area contributed by atoms with Crippen molar-refractivity contribution in [1.29, 1.82) is 0 Å². The summed E-state index contributed by atoms with van der Waals surface area (Å²) in [4.78, 5) is 22.4. The van der Waals surface area contributed by atoms with Crippen molar-refractivity contribution in [3.05, 3.63) is 82.0 Å². The van der Waals surface area contributed by atoms with Gasteiger partial charge in [0.05, 0.1) is 31.1 Å². The summed E-state index contributed by atoms with van der Waals surface area (Å²) in [6, 6.07) is 10.1. The maximum atomic E-state index is 14.1. The first-order valence-corrected chi connectivity index (χ1v) is 13.3. The number of aliphatic carboxylic acids is 1. The highest BCUT2D eigenvalue weighted by atomic mass is 35.5. The molecule has 5 rings (SSSR count). The van der Waals surface area contributed by atoms with E-state index in [1.807, 2.05) is 16.7 Å². The van der Waals surface area contributed by atoms with Gasteiger partial charge in [0.25, 0.3) is 0 Å². The van der Waals surface area contributed by atoms with Gasteiger partial charge in [-0.05, 0) is 50.6 Å². The molecule has 2 aliphatic rings. The number of benzene rings is 1. The largest absolute Gasteiger partial charge is 0.476 e. The predicted molar refractivity (Wildman–Crippen MR) is 141 cm³/mol. The van der Waals surface area contributed by atoms with Crippen LogP contribution in [0.3, 0.4) is 0 Å². The first-order chi connectivity index (χ1) is 18.9. The van der Waals surface area contributed by atoms with Gasteiger partial charge in [0.1, 0.15) is 18.2 Å². The Hall–Kier alpha value is -3.34. The monoisotopic (exact) mass is 558 g/mol. The van der Waals surface area contributed by atoms with E-state index in [-0.39, 0.29) is 18.6 Å². The minimum Gasteiger partial charge on any atom is -0.476 e. The molecule has 4 heterocycles. The molecule has 11 heteroatoms. The molecule has 1 N–H and O–H groups in total. The molecule has 2 saturated heterocycles. The number of imidazole rings is 1. The number of carboxylic acid groups (broad SMARTS) is 1. The average molecular weight is 559 g/mol.